The topological polar surface area (TPSA) is 116 Å². The van der Waals surface area contributed by atoms with E-state index in [1.165, 1.54) is 45.0 Å². The lowest BCUT2D eigenvalue weighted by Gasteiger charge is -2.17. The highest BCUT2D eigenvalue weighted by atomic mass is 32.2. The third-order valence-corrected chi connectivity index (χ3v) is 4.81. The van der Waals surface area contributed by atoms with Gasteiger partial charge in [0.15, 0.2) is 10.9 Å². The minimum absolute atomic E-state index is 0.0215. The highest BCUT2D eigenvalue weighted by Crippen LogP contribution is 2.24. The third kappa shape index (κ3) is 7.07. The molecule has 0 aromatic heterocycles. The molecule has 1 atom stereocenters. The fourth-order valence-corrected chi connectivity index (χ4v) is 3.14. The van der Waals surface area contributed by atoms with E-state index >= 15 is 0 Å². The van der Waals surface area contributed by atoms with Gasteiger partial charge in [0, 0.05) is 19.6 Å². The molecule has 31 heavy (non-hydrogen) atoms. The predicted octanol–water partition coefficient (Wildman–Crippen LogP) is 2.80. The van der Waals surface area contributed by atoms with Crippen molar-refractivity contribution in [3.05, 3.63) is 59.7 Å². The zero-order valence-electron chi connectivity index (χ0n) is 17.2. The van der Waals surface area contributed by atoms with E-state index in [1.807, 2.05) is 0 Å². The summed E-state index contributed by atoms with van der Waals surface area (Å²) in [4.78, 5) is 59.7. The van der Waals surface area contributed by atoms with Crippen molar-refractivity contribution in [3.8, 4) is 11.5 Å². The molecule has 1 N–H and O–H groups in total. The van der Waals surface area contributed by atoms with Crippen molar-refractivity contribution in [2.45, 2.75) is 26.8 Å². The number of hydrogen-bond acceptors (Lipinski definition) is 8. The van der Waals surface area contributed by atoms with Crippen LogP contribution in [0.1, 0.15) is 41.5 Å². The zero-order valence-corrected chi connectivity index (χ0v) is 18.0. The van der Waals surface area contributed by atoms with E-state index in [4.69, 9.17) is 9.47 Å². The van der Waals surface area contributed by atoms with Gasteiger partial charge in [-0.25, -0.2) is 9.59 Å². The Balaban J connectivity index is 2.23. The molecule has 2 aromatic rings. The van der Waals surface area contributed by atoms with Gasteiger partial charge < -0.3 is 14.8 Å². The van der Waals surface area contributed by atoms with Crippen molar-refractivity contribution in [1.29, 1.82) is 0 Å². The van der Waals surface area contributed by atoms with Crippen molar-refractivity contribution in [1.82, 2.24) is 5.32 Å². The lowest BCUT2D eigenvalue weighted by molar-refractivity contribution is -0.138. The summed E-state index contributed by atoms with van der Waals surface area (Å²) in [6.07, 6.45) is 0. The summed E-state index contributed by atoms with van der Waals surface area (Å²) in [5.74, 6) is -2.44. The van der Waals surface area contributed by atoms with Gasteiger partial charge in [-0.2, -0.15) is 0 Å². The number of para-hydroxylation sites is 2. The number of ketones is 1. The Kier molecular flexibility index (Phi) is 8.51. The second-order valence-electron chi connectivity index (χ2n) is 6.41. The SMILES string of the molecule is CC(=O)N[C@@H](CSC(C)=O)C(=O)Oc1ccccc1C(=O)Oc1ccccc1C(C)=O. The summed E-state index contributed by atoms with van der Waals surface area (Å²) in [5.41, 5.74) is 0.187. The molecule has 0 radical (unpaired) electrons. The van der Waals surface area contributed by atoms with E-state index in [9.17, 15) is 24.0 Å². The second-order valence-corrected chi connectivity index (χ2v) is 7.61. The number of amides is 1. The monoisotopic (exact) mass is 443 g/mol. The van der Waals surface area contributed by atoms with Crippen LogP contribution in [0.2, 0.25) is 0 Å². The molecule has 0 aliphatic carbocycles. The van der Waals surface area contributed by atoms with Crippen LogP contribution in [0.4, 0.5) is 0 Å². The average Bonchev–Trinajstić information content (AvgIpc) is 2.71. The van der Waals surface area contributed by atoms with E-state index in [1.54, 1.807) is 24.3 Å². The van der Waals surface area contributed by atoms with Crippen LogP contribution in [0, 0.1) is 0 Å². The maximum absolute atomic E-state index is 12.7. The number of carbonyl (C=O) groups is 5. The minimum Gasteiger partial charge on any atom is -0.424 e. The Bertz CT molecular complexity index is 1020. The number of hydrogen-bond donors (Lipinski definition) is 1. The Hall–Kier alpha value is -3.46. The van der Waals surface area contributed by atoms with Gasteiger partial charge in [0.2, 0.25) is 5.91 Å². The molecular weight excluding hydrogens is 422 g/mol. The van der Waals surface area contributed by atoms with Gasteiger partial charge in [-0.3, -0.25) is 14.4 Å². The first kappa shape index (κ1) is 23.8. The van der Waals surface area contributed by atoms with Crippen LogP contribution in [0.25, 0.3) is 0 Å². The average molecular weight is 443 g/mol. The molecule has 0 spiro atoms. The smallest absolute Gasteiger partial charge is 0.347 e. The molecule has 162 valence electrons. The summed E-state index contributed by atoms with van der Waals surface area (Å²) in [5, 5.41) is 2.20. The van der Waals surface area contributed by atoms with Crippen molar-refractivity contribution in [2.75, 3.05) is 5.75 Å². The number of nitrogens with one attached hydrogen (secondary N) is 1. The summed E-state index contributed by atoms with van der Waals surface area (Å²) in [6.45, 7) is 3.92. The molecule has 9 heteroatoms. The molecule has 8 nitrogen and oxygen atoms in total. The van der Waals surface area contributed by atoms with E-state index in [0.29, 0.717) is 0 Å². The van der Waals surface area contributed by atoms with Crippen molar-refractivity contribution >= 4 is 40.5 Å². The van der Waals surface area contributed by atoms with Gasteiger partial charge in [-0.05, 0) is 31.2 Å². The first-order valence-electron chi connectivity index (χ1n) is 9.22. The Labute approximate surface area is 183 Å². The largest absolute Gasteiger partial charge is 0.424 e. The van der Waals surface area contributed by atoms with Gasteiger partial charge >= 0.3 is 11.9 Å². The molecule has 0 saturated heterocycles. The molecule has 1 amide bonds. The second kappa shape index (κ2) is 11.1. The number of thioether (sulfide) groups is 1. The molecule has 2 rings (SSSR count). The maximum Gasteiger partial charge on any atom is 0.347 e. The Morgan fingerprint density at radius 1 is 0.839 bits per heavy atom. The molecule has 0 saturated carbocycles. The number of ether oxygens (including phenoxy) is 2. The molecule has 0 fully saturated rings. The van der Waals surface area contributed by atoms with Crippen LogP contribution < -0.4 is 14.8 Å². The molecule has 0 bridgehead atoms. The Morgan fingerprint density at radius 3 is 1.94 bits per heavy atom. The molecule has 0 unspecified atom stereocenters. The van der Waals surface area contributed by atoms with Crippen LogP contribution in [0.15, 0.2) is 48.5 Å². The normalized spacial score (nSPS) is 11.2. The van der Waals surface area contributed by atoms with Gasteiger partial charge in [0.1, 0.15) is 23.1 Å². The van der Waals surface area contributed by atoms with Gasteiger partial charge in [0.25, 0.3) is 0 Å². The first-order chi connectivity index (χ1) is 14.7. The van der Waals surface area contributed by atoms with E-state index in [2.05, 4.69) is 5.32 Å². The molecule has 2 aromatic carbocycles. The summed E-state index contributed by atoms with van der Waals surface area (Å²) in [7, 11) is 0. The van der Waals surface area contributed by atoms with Gasteiger partial charge in [-0.15, -0.1) is 0 Å². The predicted molar refractivity (Wildman–Crippen MR) is 114 cm³/mol. The van der Waals surface area contributed by atoms with Crippen LogP contribution >= 0.6 is 11.8 Å². The lowest BCUT2D eigenvalue weighted by atomic mass is 10.1. The first-order valence-corrected chi connectivity index (χ1v) is 10.2. The van der Waals surface area contributed by atoms with Crippen molar-refractivity contribution in [2.24, 2.45) is 0 Å². The van der Waals surface area contributed by atoms with Crippen LogP contribution in [-0.2, 0) is 14.4 Å². The lowest BCUT2D eigenvalue weighted by Crippen LogP contribution is -2.44. The molecule has 0 heterocycles. The summed E-state index contributed by atoms with van der Waals surface area (Å²) < 4.78 is 10.7. The Morgan fingerprint density at radius 2 is 1.39 bits per heavy atom. The highest BCUT2D eigenvalue weighted by Gasteiger charge is 2.25. The molecule has 0 aliphatic heterocycles. The van der Waals surface area contributed by atoms with Crippen molar-refractivity contribution in [3.63, 3.8) is 0 Å². The number of esters is 2. The molecule has 0 aliphatic rings. The number of carbonyl (C=O) groups excluding carboxylic acids is 5. The van der Waals surface area contributed by atoms with Gasteiger partial charge in [-0.1, -0.05) is 36.0 Å². The number of rotatable bonds is 8. The fraction of sp³-hybridized carbons (Fsp3) is 0.227. The van der Waals surface area contributed by atoms with Crippen LogP contribution in [-0.4, -0.2) is 40.5 Å². The maximum atomic E-state index is 12.7. The number of Topliss-reactive ketones (excluding diaryl/α,β-unsaturated/α-hetero) is 1. The van der Waals surface area contributed by atoms with Crippen LogP contribution in [0.5, 0.6) is 11.5 Å². The highest BCUT2D eigenvalue weighted by molar-refractivity contribution is 8.13. The van der Waals surface area contributed by atoms with E-state index in [0.717, 1.165) is 11.8 Å². The quantitative estimate of drug-likeness (QED) is 0.376. The zero-order chi connectivity index (χ0) is 23.0. The molecular formula is C22H21NO7S. The minimum atomic E-state index is -1.09. The number of benzene rings is 2. The van der Waals surface area contributed by atoms with E-state index in [-0.39, 0.29) is 39.3 Å². The third-order valence-electron chi connectivity index (χ3n) is 3.90. The fourth-order valence-electron chi connectivity index (χ4n) is 2.52. The summed E-state index contributed by atoms with van der Waals surface area (Å²) >= 11 is 0.859. The van der Waals surface area contributed by atoms with Gasteiger partial charge in [0.05, 0.1) is 5.56 Å². The standard InChI is InChI=1S/C22H21NO7S/c1-13(24)16-8-4-6-10-19(16)29-21(27)17-9-5-7-11-20(17)30-22(28)18(23-14(2)25)12-31-15(3)26/h4-11,18H,12H2,1-3H3,(H,23,25)/t18-/m0/s1. The van der Waals surface area contributed by atoms with E-state index < -0.39 is 23.9 Å². The van der Waals surface area contributed by atoms with Crippen LogP contribution in [0.3, 0.4) is 0 Å². The summed E-state index contributed by atoms with van der Waals surface area (Å²) in [6, 6.07) is 11.1. The van der Waals surface area contributed by atoms with Crippen molar-refractivity contribution < 1.29 is 33.4 Å².